The van der Waals surface area contributed by atoms with Crippen molar-refractivity contribution in [1.29, 1.82) is 0 Å². The summed E-state index contributed by atoms with van der Waals surface area (Å²) >= 11 is 0. The number of benzene rings is 5. The molecule has 0 fully saturated rings. The molecule has 0 spiro atoms. The third-order valence-electron chi connectivity index (χ3n) is 7.60. The maximum atomic E-state index is 12.0. The number of ether oxygens (including phenoxy) is 1. The van der Waals surface area contributed by atoms with E-state index in [-0.39, 0.29) is 30.5 Å². The van der Waals surface area contributed by atoms with Gasteiger partial charge in [0.25, 0.3) is 0 Å². The molecule has 224 valence electrons. The van der Waals surface area contributed by atoms with Gasteiger partial charge in [0.05, 0.1) is 11.0 Å². The van der Waals surface area contributed by atoms with Crippen LogP contribution in [0.5, 0.6) is 5.75 Å². The van der Waals surface area contributed by atoms with Crippen molar-refractivity contribution in [1.82, 2.24) is 4.90 Å². The fourth-order valence-electron chi connectivity index (χ4n) is 5.26. The molecule has 5 rings (SSSR count). The third kappa shape index (κ3) is 8.01. The first kappa shape index (κ1) is 30.3. The number of rotatable bonds is 13. The van der Waals surface area contributed by atoms with Crippen LogP contribution in [0.4, 0.5) is 17.1 Å². The predicted octanol–water partition coefficient (Wildman–Crippen LogP) is 6.71. The Morgan fingerprint density at radius 3 is 1.77 bits per heavy atom. The van der Waals surface area contributed by atoms with Gasteiger partial charge in [0.2, 0.25) is 0 Å². The van der Waals surface area contributed by atoms with Crippen LogP contribution in [-0.4, -0.2) is 28.0 Å². The molecule has 0 aromatic heterocycles. The Bertz CT molecular complexity index is 1600. The first-order chi connectivity index (χ1) is 21.4. The highest BCUT2D eigenvalue weighted by atomic mass is 16.6. The number of aliphatic hydroxyl groups is 1. The summed E-state index contributed by atoms with van der Waals surface area (Å²) in [5, 5.41) is 23.5. The van der Waals surface area contributed by atoms with Crippen LogP contribution in [0.15, 0.2) is 127 Å². The van der Waals surface area contributed by atoms with Crippen molar-refractivity contribution in [2.75, 3.05) is 24.6 Å². The zero-order chi connectivity index (χ0) is 30.9. The number of aliphatic hydroxyl groups excluding tert-OH is 1. The van der Waals surface area contributed by atoms with Crippen molar-refractivity contribution >= 4 is 17.1 Å². The zero-order valence-corrected chi connectivity index (χ0v) is 24.3. The number of nitro benzene ring substituents is 1. The van der Waals surface area contributed by atoms with Crippen molar-refractivity contribution in [3.8, 4) is 5.75 Å². The second-order valence-electron chi connectivity index (χ2n) is 10.8. The highest BCUT2D eigenvalue weighted by Crippen LogP contribution is 2.33. The summed E-state index contributed by atoms with van der Waals surface area (Å²) in [5.74, 6) is 0.109. The Hall–Kier alpha value is -5.18. The van der Waals surface area contributed by atoms with Gasteiger partial charge >= 0.3 is 5.69 Å². The smallest absolute Gasteiger partial charge is 0.311 e. The normalized spacial score (nSPS) is 11.9. The lowest BCUT2D eigenvalue weighted by Gasteiger charge is -2.30. The molecule has 1 atom stereocenters. The molecule has 0 aliphatic heterocycles. The number of nitrogens with two attached hydrogens (primary N) is 2. The topological polar surface area (TPSA) is 128 Å². The van der Waals surface area contributed by atoms with E-state index < -0.39 is 11.0 Å². The maximum Gasteiger partial charge on any atom is 0.311 e. The van der Waals surface area contributed by atoms with Gasteiger partial charge in [-0.3, -0.25) is 15.0 Å². The van der Waals surface area contributed by atoms with Crippen molar-refractivity contribution < 1.29 is 14.8 Å². The molecular formula is C36H36N4O4. The van der Waals surface area contributed by atoms with Crippen molar-refractivity contribution in [3.05, 3.63) is 165 Å². The highest BCUT2D eigenvalue weighted by molar-refractivity contribution is 5.50. The minimum absolute atomic E-state index is 0.0461. The van der Waals surface area contributed by atoms with Crippen molar-refractivity contribution in [2.45, 2.75) is 25.2 Å². The van der Waals surface area contributed by atoms with E-state index in [1.165, 1.54) is 6.07 Å². The summed E-state index contributed by atoms with van der Waals surface area (Å²) in [6.07, 6.45) is -0.987. The van der Waals surface area contributed by atoms with Gasteiger partial charge in [-0.2, -0.15) is 0 Å². The zero-order valence-electron chi connectivity index (χ0n) is 24.3. The molecule has 0 saturated carbocycles. The summed E-state index contributed by atoms with van der Waals surface area (Å²) in [5.41, 5.74) is 17.7. The summed E-state index contributed by atoms with van der Waals surface area (Å²) in [4.78, 5) is 13.7. The van der Waals surface area contributed by atoms with E-state index in [1.807, 2.05) is 109 Å². The average Bonchev–Trinajstić information content (AvgIpc) is 3.04. The monoisotopic (exact) mass is 588 g/mol. The molecular weight excluding hydrogens is 552 g/mol. The molecule has 5 aromatic carbocycles. The van der Waals surface area contributed by atoms with Gasteiger partial charge < -0.3 is 21.3 Å². The first-order valence-electron chi connectivity index (χ1n) is 14.5. The summed E-state index contributed by atoms with van der Waals surface area (Å²) in [6.45, 7) is 1.58. The summed E-state index contributed by atoms with van der Waals surface area (Å²) in [7, 11) is 0. The first-order valence-corrected chi connectivity index (χ1v) is 14.5. The van der Waals surface area contributed by atoms with Crippen LogP contribution in [-0.2, 0) is 13.2 Å². The van der Waals surface area contributed by atoms with E-state index >= 15 is 0 Å². The number of nitrogens with zero attached hydrogens (tertiary/aromatic N) is 2. The second kappa shape index (κ2) is 14.3. The fraction of sp³-hybridized carbons (Fsp3) is 0.167. The molecule has 0 bridgehead atoms. The third-order valence-corrected chi connectivity index (χ3v) is 7.60. The Morgan fingerprint density at radius 1 is 0.705 bits per heavy atom. The van der Waals surface area contributed by atoms with Gasteiger partial charge in [-0.15, -0.1) is 0 Å². The Balaban J connectivity index is 1.41. The second-order valence-corrected chi connectivity index (χ2v) is 10.8. The molecule has 0 saturated heterocycles. The number of hydrogen-bond acceptors (Lipinski definition) is 7. The Labute approximate surface area is 257 Å². The number of nitro groups is 1. The van der Waals surface area contributed by atoms with Gasteiger partial charge in [-0.1, -0.05) is 91.0 Å². The van der Waals surface area contributed by atoms with Gasteiger partial charge in [-0.05, 0) is 58.1 Å². The molecule has 44 heavy (non-hydrogen) atoms. The van der Waals surface area contributed by atoms with E-state index in [4.69, 9.17) is 16.2 Å². The lowest BCUT2D eigenvalue weighted by molar-refractivity contribution is -0.386. The van der Waals surface area contributed by atoms with Gasteiger partial charge in [0.1, 0.15) is 6.61 Å². The SMILES string of the molecule is Nc1ccc(C(CN(Cc2ccccc2)C[C@H](O)c2ccc(OCc3ccccc3)c([N+](=O)[O-])c2)c2ccc(N)cc2)cc1. The molecule has 8 nitrogen and oxygen atoms in total. The standard InChI is InChI=1S/C36H36N4O4/c37-31-16-11-28(12-17-31)33(29-13-18-32(38)19-14-29)23-39(22-26-7-3-1-4-8-26)24-35(41)30-15-20-36(34(21-30)40(42)43)44-25-27-9-5-2-6-10-27/h1-21,33,35,41H,22-25,37-38H2/t35-/m0/s1. The Morgan fingerprint density at radius 2 is 1.23 bits per heavy atom. The molecule has 0 aliphatic carbocycles. The Kier molecular flexibility index (Phi) is 9.86. The van der Waals surface area contributed by atoms with Crippen LogP contribution < -0.4 is 16.2 Å². The van der Waals surface area contributed by atoms with Gasteiger partial charge in [0.15, 0.2) is 5.75 Å². The van der Waals surface area contributed by atoms with E-state index in [2.05, 4.69) is 4.90 Å². The summed E-state index contributed by atoms with van der Waals surface area (Å²) in [6, 6.07) is 39.8. The van der Waals surface area contributed by atoms with Gasteiger partial charge in [-0.25, -0.2) is 0 Å². The van der Waals surface area contributed by atoms with E-state index in [1.54, 1.807) is 12.1 Å². The van der Waals surface area contributed by atoms with Gasteiger partial charge in [0, 0.05) is 43.0 Å². The molecule has 5 aromatic rings. The van der Waals surface area contributed by atoms with Crippen molar-refractivity contribution in [2.24, 2.45) is 0 Å². The minimum Gasteiger partial charge on any atom is -0.482 e. The largest absolute Gasteiger partial charge is 0.482 e. The molecule has 8 heteroatoms. The van der Waals surface area contributed by atoms with E-state index in [0.29, 0.717) is 30.0 Å². The van der Waals surface area contributed by atoms with Crippen LogP contribution in [0.1, 0.15) is 39.8 Å². The van der Waals surface area contributed by atoms with Crippen LogP contribution in [0, 0.1) is 10.1 Å². The molecule has 0 radical (unpaired) electrons. The van der Waals surface area contributed by atoms with Crippen LogP contribution in [0.2, 0.25) is 0 Å². The number of hydrogen-bond donors (Lipinski definition) is 3. The van der Waals surface area contributed by atoms with Crippen LogP contribution in [0.25, 0.3) is 0 Å². The molecule has 5 N–H and O–H groups in total. The fourth-order valence-corrected chi connectivity index (χ4v) is 5.26. The molecule has 0 aliphatic rings. The lowest BCUT2D eigenvalue weighted by Crippen LogP contribution is -2.33. The van der Waals surface area contributed by atoms with Crippen LogP contribution >= 0.6 is 0 Å². The van der Waals surface area contributed by atoms with Crippen molar-refractivity contribution in [3.63, 3.8) is 0 Å². The quantitative estimate of drug-likeness (QED) is 0.0793. The maximum absolute atomic E-state index is 12.0. The molecule has 0 amide bonds. The molecule has 0 heterocycles. The minimum atomic E-state index is -0.987. The number of anilines is 2. The summed E-state index contributed by atoms with van der Waals surface area (Å²) < 4.78 is 5.80. The molecule has 0 unspecified atom stereocenters. The highest BCUT2D eigenvalue weighted by Gasteiger charge is 2.24. The van der Waals surface area contributed by atoms with Crippen LogP contribution in [0.3, 0.4) is 0 Å². The lowest BCUT2D eigenvalue weighted by atomic mass is 9.90. The number of nitrogen functional groups attached to an aromatic ring is 2. The van der Waals surface area contributed by atoms with E-state index in [0.717, 1.165) is 22.3 Å². The average molecular weight is 589 g/mol. The predicted molar refractivity (Wildman–Crippen MR) is 174 cm³/mol. The van der Waals surface area contributed by atoms with E-state index in [9.17, 15) is 15.2 Å².